The van der Waals surface area contributed by atoms with E-state index in [0.29, 0.717) is 11.3 Å². The summed E-state index contributed by atoms with van der Waals surface area (Å²) in [4.78, 5) is 27.6. The summed E-state index contributed by atoms with van der Waals surface area (Å²) < 4.78 is 1.97. The molecular formula is C22H18N4O3. The van der Waals surface area contributed by atoms with E-state index in [2.05, 4.69) is 5.32 Å². The second kappa shape index (κ2) is 7.20. The lowest BCUT2D eigenvalue weighted by Crippen LogP contribution is -2.12. The van der Waals surface area contributed by atoms with Gasteiger partial charge in [-0.25, -0.2) is 4.98 Å². The quantitative estimate of drug-likeness (QED) is 0.404. The highest BCUT2D eigenvalue weighted by Crippen LogP contribution is 2.26. The largest absolute Gasteiger partial charge is 0.322 e. The molecule has 0 spiro atoms. The van der Waals surface area contributed by atoms with Crippen LogP contribution < -0.4 is 5.32 Å². The molecule has 0 saturated heterocycles. The van der Waals surface area contributed by atoms with Crippen molar-refractivity contribution in [3.63, 3.8) is 0 Å². The Morgan fingerprint density at radius 1 is 1.07 bits per heavy atom. The number of nitrogens with one attached hydrogen (secondary N) is 1. The van der Waals surface area contributed by atoms with Crippen LogP contribution in [-0.4, -0.2) is 20.2 Å². The number of fused-ring (bicyclic) bond motifs is 1. The third-order valence-corrected chi connectivity index (χ3v) is 4.80. The van der Waals surface area contributed by atoms with E-state index in [1.54, 1.807) is 0 Å². The number of aromatic nitrogens is 2. The van der Waals surface area contributed by atoms with Gasteiger partial charge in [-0.15, -0.1) is 0 Å². The topological polar surface area (TPSA) is 89.5 Å². The van der Waals surface area contributed by atoms with Crippen molar-refractivity contribution < 1.29 is 9.72 Å². The number of non-ortho nitro benzene ring substituents is 1. The zero-order valence-corrected chi connectivity index (χ0v) is 15.9. The molecule has 144 valence electrons. The Morgan fingerprint density at radius 3 is 2.52 bits per heavy atom. The Kier molecular flexibility index (Phi) is 4.56. The third kappa shape index (κ3) is 3.58. The van der Waals surface area contributed by atoms with Gasteiger partial charge in [-0.05, 0) is 49.2 Å². The normalized spacial score (nSPS) is 10.8. The van der Waals surface area contributed by atoms with Gasteiger partial charge in [-0.3, -0.25) is 14.9 Å². The molecule has 2 heterocycles. The third-order valence-electron chi connectivity index (χ3n) is 4.80. The maximum absolute atomic E-state index is 12.6. The first kappa shape index (κ1) is 18.4. The minimum atomic E-state index is -0.494. The number of hydrogen-bond donors (Lipinski definition) is 1. The number of amides is 1. The van der Waals surface area contributed by atoms with Crippen molar-refractivity contribution in [2.75, 3.05) is 5.32 Å². The fourth-order valence-electron chi connectivity index (χ4n) is 3.14. The number of hydrogen-bond acceptors (Lipinski definition) is 4. The highest BCUT2D eigenvalue weighted by atomic mass is 16.6. The van der Waals surface area contributed by atoms with Crippen molar-refractivity contribution in [3.05, 3.63) is 93.8 Å². The molecule has 4 rings (SSSR count). The Morgan fingerprint density at radius 2 is 1.83 bits per heavy atom. The molecule has 0 bridgehead atoms. The Hall–Kier alpha value is -4.00. The van der Waals surface area contributed by atoms with Gasteiger partial charge in [0.2, 0.25) is 0 Å². The fraction of sp³-hybridized carbons (Fsp3) is 0.0909. The number of carbonyl (C=O) groups is 1. The standard InChI is InChI=1S/C22H18N4O3/c1-14-5-6-17(20-13-25-11-3-4-15(2)21(25)23-20)12-19(14)24-22(27)16-7-9-18(10-8-16)26(28)29/h3-13H,1-2H3,(H,24,27). The summed E-state index contributed by atoms with van der Waals surface area (Å²) in [7, 11) is 0. The Labute approximate surface area is 166 Å². The van der Waals surface area contributed by atoms with Crippen LogP contribution in [0.15, 0.2) is 67.0 Å². The second-order valence-electron chi connectivity index (χ2n) is 6.84. The first-order valence-corrected chi connectivity index (χ1v) is 9.03. The lowest BCUT2D eigenvalue weighted by Gasteiger charge is -2.10. The van der Waals surface area contributed by atoms with Crippen LogP contribution in [0.5, 0.6) is 0 Å². The SMILES string of the molecule is Cc1ccc(-c2cn3cccc(C)c3n2)cc1NC(=O)c1ccc([N+](=O)[O-])cc1. The number of nitro groups is 1. The second-order valence-corrected chi connectivity index (χ2v) is 6.84. The molecule has 0 fully saturated rings. The average Bonchev–Trinajstić information content (AvgIpc) is 3.15. The Balaban J connectivity index is 1.63. The first-order chi connectivity index (χ1) is 13.9. The molecule has 0 saturated carbocycles. The lowest BCUT2D eigenvalue weighted by molar-refractivity contribution is -0.384. The van der Waals surface area contributed by atoms with Crippen LogP contribution in [0.4, 0.5) is 11.4 Å². The zero-order chi connectivity index (χ0) is 20.5. The van der Waals surface area contributed by atoms with E-state index in [0.717, 1.165) is 28.0 Å². The molecule has 0 aliphatic heterocycles. The molecule has 4 aromatic rings. The van der Waals surface area contributed by atoms with Gasteiger partial charge in [0.05, 0.1) is 10.6 Å². The van der Waals surface area contributed by atoms with Crippen molar-refractivity contribution in [2.24, 2.45) is 0 Å². The summed E-state index contributed by atoms with van der Waals surface area (Å²) in [5, 5.41) is 13.7. The van der Waals surface area contributed by atoms with Crippen molar-refractivity contribution >= 4 is 22.9 Å². The van der Waals surface area contributed by atoms with Gasteiger partial charge in [-0.2, -0.15) is 0 Å². The smallest absolute Gasteiger partial charge is 0.269 e. The summed E-state index contributed by atoms with van der Waals surface area (Å²) >= 11 is 0. The van der Waals surface area contributed by atoms with E-state index >= 15 is 0 Å². The van der Waals surface area contributed by atoms with Crippen LogP contribution in [0.1, 0.15) is 21.5 Å². The highest BCUT2D eigenvalue weighted by molar-refractivity contribution is 6.05. The highest BCUT2D eigenvalue weighted by Gasteiger charge is 2.13. The van der Waals surface area contributed by atoms with Gasteiger partial charge >= 0.3 is 0 Å². The Bertz CT molecular complexity index is 1240. The molecule has 1 amide bonds. The van der Waals surface area contributed by atoms with Crippen molar-refractivity contribution in [1.29, 1.82) is 0 Å². The molecule has 0 aliphatic rings. The van der Waals surface area contributed by atoms with E-state index in [-0.39, 0.29) is 11.6 Å². The molecule has 2 aromatic carbocycles. The number of carbonyl (C=O) groups excluding carboxylic acids is 1. The molecule has 1 N–H and O–H groups in total. The van der Waals surface area contributed by atoms with Crippen LogP contribution in [-0.2, 0) is 0 Å². The van der Waals surface area contributed by atoms with Crippen molar-refractivity contribution in [1.82, 2.24) is 9.38 Å². The first-order valence-electron chi connectivity index (χ1n) is 9.03. The number of nitro benzene ring substituents is 1. The van der Waals surface area contributed by atoms with E-state index < -0.39 is 4.92 Å². The molecule has 29 heavy (non-hydrogen) atoms. The van der Waals surface area contributed by atoms with Gasteiger partial charge in [0.1, 0.15) is 5.65 Å². The van der Waals surface area contributed by atoms with Gasteiger partial charge in [0.15, 0.2) is 0 Å². The maximum atomic E-state index is 12.6. The summed E-state index contributed by atoms with van der Waals surface area (Å²) in [6, 6.07) is 15.3. The zero-order valence-electron chi connectivity index (χ0n) is 15.9. The molecular weight excluding hydrogens is 368 g/mol. The number of imidazole rings is 1. The monoisotopic (exact) mass is 386 g/mol. The maximum Gasteiger partial charge on any atom is 0.269 e. The molecule has 0 atom stereocenters. The summed E-state index contributed by atoms with van der Waals surface area (Å²) in [6.07, 6.45) is 3.90. The number of nitrogens with zero attached hydrogens (tertiary/aromatic N) is 3. The van der Waals surface area contributed by atoms with Gasteiger partial charge in [0, 0.05) is 41.3 Å². The average molecular weight is 386 g/mol. The molecule has 2 aromatic heterocycles. The minimum absolute atomic E-state index is 0.0538. The summed E-state index contributed by atoms with van der Waals surface area (Å²) in [6.45, 7) is 3.92. The fourth-order valence-corrected chi connectivity index (χ4v) is 3.14. The minimum Gasteiger partial charge on any atom is -0.322 e. The van der Waals surface area contributed by atoms with Crippen LogP contribution >= 0.6 is 0 Å². The van der Waals surface area contributed by atoms with Crippen molar-refractivity contribution in [2.45, 2.75) is 13.8 Å². The predicted molar refractivity (Wildman–Crippen MR) is 111 cm³/mol. The van der Waals surface area contributed by atoms with E-state index in [9.17, 15) is 14.9 Å². The van der Waals surface area contributed by atoms with Gasteiger partial charge in [0.25, 0.3) is 11.6 Å². The summed E-state index contributed by atoms with van der Waals surface area (Å²) in [5.41, 5.74) is 5.54. The number of pyridine rings is 1. The van der Waals surface area contributed by atoms with Crippen LogP contribution in [0.3, 0.4) is 0 Å². The van der Waals surface area contributed by atoms with E-state index in [4.69, 9.17) is 4.98 Å². The number of rotatable bonds is 4. The molecule has 0 radical (unpaired) electrons. The van der Waals surface area contributed by atoms with Crippen LogP contribution in [0.25, 0.3) is 16.9 Å². The van der Waals surface area contributed by atoms with E-state index in [1.807, 2.05) is 61.0 Å². The van der Waals surface area contributed by atoms with Gasteiger partial charge in [-0.1, -0.05) is 18.2 Å². The number of aryl methyl sites for hydroxylation is 2. The van der Waals surface area contributed by atoms with Crippen LogP contribution in [0.2, 0.25) is 0 Å². The summed E-state index contributed by atoms with van der Waals surface area (Å²) in [5.74, 6) is -0.328. The predicted octanol–water partition coefficient (Wildman–Crippen LogP) is 4.78. The molecule has 7 heteroatoms. The number of benzene rings is 2. The van der Waals surface area contributed by atoms with E-state index in [1.165, 1.54) is 24.3 Å². The molecule has 7 nitrogen and oxygen atoms in total. The number of anilines is 1. The van der Waals surface area contributed by atoms with Crippen molar-refractivity contribution in [3.8, 4) is 11.3 Å². The molecule has 0 aliphatic carbocycles. The molecule has 0 unspecified atom stereocenters. The van der Waals surface area contributed by atoms with Crippen LogP contribution in [0, 0.1) is 24.0 Å². The van der Waals surface area contributed by atoms with Gasteiger partial charge < -0.3 is 9.72 Å². The lowest BCUT2D eigenvalue weighted by atomic mass is 10.1.